The van der Waals surface area contributed by atoms with E-state index in [2.05, 4.69) is 49.1 Å². The molecule has 0 unspecified atom stereocenters. The lowest BCUT2D eigenvalue weighted by Crippen LogP contribution is -2.40. The van der Waals surface area contributed by atoms with Crippen LogP contribution in [-0.2, 0) is 5.54 Å². The highest BCUT2D eigenvalue weighted by atomic mass is 16.5. The van der Waals surface area contributed by atoms with Crippen LogP contribution in [-0.4, -0.2) is 0 Å². The average Bonchev–Trinajstić information content (AvgIpc) is 3.26. The van der Waals surface area contributed by atoms with Gasteiger partial charge in [-0.15, -0.1) is 0 Å². The second-order valence-electron chi connectivity index (χ2n) is 7.03. The van der Waals surface area contributed by atoms with E-state index in [1.54, 1.807) is 6.26 Å². The topological polar surface area (TPSA) is 29.5 Å². The van der Waals surface area contributed by atoms with Crippen LogP contribution in [0.15, 0.2) is 45.4 Å². The number of rotatable bonds is 1. The van der Waals surface area contributed by atoms with Gasteiger partial charge in [-0.05, 0) is 44.4 Å². The molecule has 3 nitrogen and oxygen atoms in total. The Morgan fingerprint density at radius 3 is 2.70 bits per heavy atom. The highest BCUT2D eigenvalue weighted by Crippen LogP contribution is 2.59. The van der Waals surface area contributed by atoms with Crippen molar-refractivity contribution in [2.45, 2.75) is 51.1 Å². The summed E-state index contributed by atoms with van der Waals surface area (Å²) < 4.78 is 11.7. The van der Waals surface area contributed by atoms with Gasteiger partial charge in [-0.2, -0.15) is 0 Å². The molecule has 2 aliphatic rings. The number of fused-ring (bicyclic) bond motifs is 4. The molecule has 1 saturated carbocycles. The molecule has 1 aliphatic carbocycles. The zero-order chi connectivity index (χ0) is 15.6. The standard InChI is InChI=1S/C20H21NO2/c1-13-7-3-4-8-16(13)21-14(2)18-17(20(21)10-5-6-11-20)15-9-12-22-19(15)23-18/h3-4,7-9,12,14H,5-6,10-11H2,1-2H3/t14-/m0/s1. The third kappa shape index (κ3) is 1.55. The molecule has 2 aromatic heterocycles. The highest BCUT2D eigenvalue weighted by molar-refractivity contribution is 5.83. The van der Waals surface area contributed by atoms with Gasteiger partial charge in [-0.25, -0.2) is 0 Å². The molecule has 3 aromatic rings. The molecule has 0 saturated heterocycles. The number of para-hydroxylation sites is 1. The molecule has 1 aliphatic heterocycles. The largest absolute Gasteiger partial charge is 0.433 e. The fraction of sp³-hybridized carbons (Fsp3) is 0.400. The van der Waals surface area contributed by atoms with Gasteiger partial charge in [-0.3, -0.25) is 0 Å². The Morgan fingerprint density at radius 2 is 1.91 bits per heavy atom. The van der Waals surface area contributed by atoms with Gasteiger partial charge in [-0.1, -0.05) is 31.0 Å². The Labute approximate surface area is 135 Å². The molecule has 0 amide bonds. The van der Waals surface area contributed by atoms with E-state index in [0.29, 0.717) is 5.78 Å². The molecule has 0 bridgehead atoms. The minimum atomic E-state index is 0.0655. The van der Waals surface area contributed by atoms with E-state index in [-0.39, 0.29) is 11.6 Å². The molecule has 1 fully saturated rings. The van der Waals surface area contributed by atoms with Crippen molar-refractivity contribution in [3.05, 3.63) is 53.5 Å². The fourth-order valence-electron chi connectivity index (χ4n) is 4.95. The van der Waals surface area contributed by atoms with Crippen LogP contribution >= 0.6 is 0 Å². The summed E-state index contributed by atoms with van der Waals surface area (Å²) in [7, 11) is 0. The predicted molar refractivity (Wildman–Crippen MR) is 90.7 cm³/mol. The average molecular weight is 307 g/mol. The molecule has 5 rings (SSSR count). The van der Waals surface area contributed by atoms with E-state index in [1.165, 1.54) is 47.9 Å². The van der Waals surface area contributed by atoms with Crippen molar-refractivity contribution in [1.82, 2.24) is 0 Å². The van der Waals surface area contributed by atoms with Crippen LogP contribution in [0, 0.1) is 6.92 Å². The number of furan rings is 2. The predicted octanol–water partition coefficient (Wildman–Crippen LogP) is 5.68. The first kappa shape index (κ1) is 13.3. The summed E-state index contributed by atoms with van der Waals surface area (Å²) in [4.78, 5) is 2.62. The zero-order valence-corrected chi connectivity index (χ0v) is 13.6. The van der Waals surface area contributed by atoms with E-state index in [9.17, 15) is 0 Å². The minimum absolute atomic E-state index is 0.0655. The van der Waals surface area contributed by atoms with Gasteiger partial charge in [0.05, 0.1) is 23.2 Å². The number of hydrogen-bond acceptors (Lipinski definition) is 3. The lowest BCUT2D eigenvalue weighted by Gasteiger charge is -2.40. The van der Waals surface area contributed by atoms with E-state index < -0.39 is 0 Å². The van der Waals surface area contributed by atoms with Crippen LogP contribution in [0.1, 0.15) is 55.5 Å². The molecule has 1 atom stereocenters. The van der Waals surface area contributed by atoms with Crippen molar-refractivity contribution in [2.75, 3.05) is 4.90 Å². The van der Waals surface area contributed by atoms with Gasteiger partial charge >= 0.3 is 0 Å². The first-order valence-corrected chi connectivity index (χ1v) is 8.58. The zero-order valence-electron chi connectivity index (χ0n) is 13.6. The molecular weight excluding hydrogens is 286 g/mol. The smallest absolute Gasteiger partial charge is 0.297 e. The van der Waals surface area contributed by atoms with Crippen molar-refractivity contribution < 1.29 is 8.83 Å². The van der Waals surface area contributed by atoms with Crippen LogP contribution in [0.5, 0.6) is 0 Å². The van der Waals surface area contributed by atoms with Crippen molar-refractivity contribution in [3.63, 3.8) is 0 Å². The normalized spacial score (nSPS) is 22.3. The maximum Gasteiger partial charge on any atom is 0.297 e. The van der Waals surface area contributed by atoms with Gasteiger partial charge in [0.2, 0.25) is 0 Å². The van der Waals surface area contributed by atoms with Crippen molar-refractivity contribution in [3.8, 4) is 0 Å². The van der Waals surface area contributed by atoms with Crippen LogP contribution < -0.4 is 4.90 Å². The van der Waals surface area contributed by atoms with E-state index in [1.807, 2.05) is 0 Å². The highest BCUT2D eigenvalue weighted by Gasteiger charge is 2.54. The molecule has 0 N–H and O–H groups in total. The lowest BCUT2D eigenvalue weighted by molar-refractivity contribution is 0.400. The van der Waals surface area contributed by atoms with Crippen LogP contribution in [0.25, 0.3) is 11.2 Å². The summed E-state index contributed by atoms with van der Waals surface area (Å²) in [6.45, 7) is 4.47. The van der Waals surface area contributed by atoms with Gasteiger partial charge in [0.1, 0.15) is 5.76 Å². The maximum absolute atomic E-state index is 6.13. The summed E-state index contributed by atoms with van der Waals surface area (Å²) in [6, 6.07) is 11.0. The van der Waals surface area contributed by atoms with Crippen LogP contribution in [0.2, 0.25) is 0 Å². The van der Waals surface area contributed by atoms with E-state index in [4.69, 9.17) is 8.83 Å². The number of aryl methyl sites for hydroxylation is 1. The first-order chi connectivity index (χ1) is 11.2. The van der Waals surface area contributed by atoms with E-state index in [0.717, 1.165) is 5.76 Å². The van der Waals surface area contributed by atoms with Crippen molar-refractivity contribution in [2.24, 2.45) is 0 Å². The van der Waals surface area contributed by atoms with Crippen LogP contribution in [0.3, 0.4) is 0 Å². The van der Waals surface area contributed by atoms with Crippen LogP contribution in [0.4, 0.5) is 5.69 Å². The Kier molecular flexibility index (Phi) is 2.56. The van der Waals surface area contributed by atoms with Gasteiger partial charge in [0, 0.05) is 11.3 Å². The number of anilines is 1. The monoisotopic (exact) mass is 307 g/mol. The molecule has 1 aromatic carbocycles. The Balaban J connectivity index is 1.79. The Morgan fingerprint density at radius 1 is 1.13 bits per heavy atom. The van der Waals surface area contributed by atoms with Crippen molar-refractivity contribution in [1.29, 1.82) is 0 Å². The molecule has 1 spiro atoms. The molecule has 23 heavy (non-hydrogen) atoms. The molecule has 3 heteroatoms. The third-order valence-corrected chi connectivity index (χ3v) is 5.85. The fourth-order valence-corrected chi connectivity index (χ4v) is 4.95. The SMILES string of the molecule is Cc1ccccc1N1[C@@H](C)c2oc3occc3c2C12CCCC2. The quantitative estimate of drug-likeness (QED) is 0.579. The summed E-state index contributed by atoms with van der Waals surface area (Å²) >= 11 is 0. The van der Waals surface area contributed by atoms with Gasteiger partial charge < -0.3 is 13.7 Å². The number of benzene rings is 1. The second kappa shape index (κ2) is 4.44. The molecular formula is C20H21NO2. The first-order valence-electron chi connectivity index (χ1n) is 8.58. The Hall–Kier alpha value is -2.16. The summed E-state index contributed by atoms with van der Waals surface area (Å²) in [5.41, 5.74) is 4.12. The van der Waals surface area contributed by atoms with Gasteiger partial charge in [0.25, 0.3) is 5.78 Å². The summed E-state index contributed by atoms with van der Waals surface area (Å²) in [6.07, 6.45) is 6.69. The molecule has 3 heterocycles. The van der Waals surface area contributed by atoms with Gasteiger partial charge in [0.15, 0.2) is 0 Å². The third-order valence-electron chi connectivity index (χ3n) is 5.85. The number of nitrogens with zero attached hydrogens (tertiary/aromatic N) is 1. The summed E-state index contributed by atoms with van der Waals surface area (Å²) in [5.74, 6) is 1.79. The Bertz CT molecular complexity index is 882. The second-order valence-corrected chi connectivity index (χ2v) is 7.03. The van der Waals surface area contributed by atoms with Crippen molar-refractivity contribution >= 4 is 16.9 Å². The maximum atomic E-state index is 6.13. The molecule has 118 valence electrons. The van der Waals surface area contributed by atoms with E-state index >= 15 is 0 Å². The molecule has 0 radical (unpaired) electrons. The summed E-state index contributed by atoms with van der Waals surface area (Å²) in [5, 5.41) is 1.17. The lowest BCUT2D eigenvalue weighted by atomic mass is 9.88. The minimum Gasteiger partial charge on any atom is -0.433 e. The number of hydrogen-bond donors (Lipinski definition) is 0.